The molecule has 1 N–H and O–H groups in total. The van der Waals surface area contributed by atoms with E-state index in [4.69, 9.17) is 0 Å². The molecule has 1 rings (SSSR count). The number of hydrogen-bond donors (Lipinski definition) is 1. The minimum atomic E-state index is 0.0212. The van der Waals surface area contributed by atoms with Crippen molar-refractivity contribution in [3.05, 3.63) is 34.9 Å². The van der Waals surface area contributed by atoms with Gasteiger partial charge in [0.15, 0.2) is 0 Å². The lowest BCUT2D eigenvalue weighted by atomic mass is 9.99. The lowest BCUT2D eigenvalue weighted by molar-refractivity contribution is 0.0951. The van der Waals surface area contributed by atoms with Gasteiger partial charge in [-0.05, 0) is 31.4 Å². The Morgan fingerprint density at radius 3 is 2.42 bits per heavy atom. The topological polar surface area (TPSA) is 29.1 Å². The van der Waals surface area contributed by atoms with Gasteiger partial charge in [-0.25, -0.2) is 0 Å². The Bertz CT molecular complexity index is 427. The second-order valence-corrected chi connectivity index (χ2v) is 6.30. The van der Waals surface area contributed by atoms with Crippen LogP contribution in [0.5, 0.6) is 0 Å². The van der Waals surface area contributed by atoms with E-state index >= 15 is 0 Å². The molecule has 0 fully saturated rings. The van der Waals surface area contributed by atoms with E-state index in [2.05, 4.69) is 35.1 Å². The molecule has 1 aromatic carbocycles. The molecule has 2 nitrogen and oxygen atoms in total. The third-order valence-corrected chi connectivity index (χ3v) is 4.72. The number of halogens is 1. The maximum absolute atomic E-state index is 12.1. The van der Waals surface area contributed by atoms with E-state index in [0.717, 1.165) is 24.0 Å². The van der Waals surface area contributed by atoms with Crippen LogP contribution in [0.25, 0.3) is 0 Å². The summed E-state index contributed by atoms with van der Waals surface area (Å²) in [7, 11) is 0. The average Bonchev–Trinajstić information content (AvgIpc) is 2.37. The molecule has 1 amide bonds. The number of rotatable bonds is 6. The van der Waals surface area contributed by atoms with Crippen molar-refractivity contribution < 1.29 is 4.79 Å². The van der Waals surface area contributed by atoms with Gasteiger partial charge in [0.2, 0.25) is 0 Å². The molecule has 19 heavy (non-hydrogen) atoms. The van der Waals surface area contributed by atoms with Crippen LogP contribution in [0.4, 0.5) is 0 Å². The van der Waals surface area contributed by atoms with Crippen LogP contribution in [0.1, 0.15) is 48.2 Å². The predicted octanol–water partition coefficient (Wildman–Crippen LogP) is 4.23. The summed E-state index contributed by atoms with van der Waals surface area (Å²) in [6, 6.07) is 5.93. The van der Waals surface area contributed by atoms with Crippen LogP contribution >= 0.6 is 15.9 Å². The molecule has 1 unspecified atom stereocenters. The largest absolute Gasteiger partial charge is 0.351 e. The fourth-order valence-electron chi connectivity index (χ4n) is 2.32. The van der Waals surface area contributed by atoms with Gasteiger partial charge in [0.05, 0.1) is 0 Å². The van der Waals surface area contributed by atoms with Crippen LogP contribution in [0.3, 0.4) is 0 Å². The number of carbonyl (C=O) groups is 1. The van der Waals surface area contributed by atoms with Crippen LogP contribution in [0.15, 0.2) is 18.2 Å². The van der Waals surface area contributed by atoms with Gasteiger partial charge < -0.3 is 5.32 Å². The van der Waals surface area contributed by atoms with Crippen LogP contribution in [-0.2, 0) is 0 Å². The predicted molar refractivity (Wildman–Crippen MR) is 85.0 cm³/mol. The maximum Gasteiger partial charge on any atom is 0.251 e. The van der Waals surface area contributed by atoms with E-state index in [0.29, 0.717) is 17.3 Å². The zero-order valence-electron chi connectivity index (χ0n) is 12.3. The van der Waals surface area contributed by atoms with Crippen molar-refractivity contribution in [2.24, 2.45) is 5.92 Å². The Morgan fingerprint density at radius 1 is 1.26 bits per heavy atom. The number of nitrogens with one attached hydrogen (secondary N) is 1. The zero-order valence-corrected chi connectivity index (χ0v) is 13.9. The summed E-state index contributed by atoms with van der Waals surface area (Å²) in [6.45, 7) is 9.08. The fraction of sp³-hybridized carbons (Fsp3) is 0.562. The first kappa shape index (κ1) is 16.2. The molecule has 0 spiro atoms. The maximum atomic E-state index is 12.1. The van der Waals surface area contributed by atoms with Crippen LogP contribution in [0, 0.1) is 19.8 Å². The molecule has 0 heterocycles. The Hall–Kier alpha value is -0.830. The number of aryl methyl sites for hydroxylation is 2. The van der Waals surface area contributed by atoms with Crippen molar-refractivity contribution in [1.82, 2.24) is 5.32 Å². The van der Waals surface area contributed by atoms with E-state index in [9.17, 15) is 4.79 Å². The van der Waals surface area contributed by atoms with Gasteiger partial charge >= 0.3 is 0 Å². The van der Waals surface area contributed by atoms with Gasteiger partial charge in [-0.1, -0.05) is 60.3 Å². The van der Waals surface area contributed by atoms with E-state index in [1.165, 1.54) is 5.56 Å². The van der Waals surface area contributed by atoms with Crippen LogP contribution in [-0.4, -0.2) is 17.3 Å². The molecule has 0 bridgehead atoms. The van der Waals surface area contributed by atoms with Crippen LogP contribution < -0.4 is 5.32 Å². The first-order valence-corrected chi connectivity index (χ1v) is 7.90. The summed E-state index contributed by atoms with van der Waals surface area (Å²) >= 11 is 3.68. The quantitative estimate of drug-likeness (QED) is 0.779. The molecule has 3 heteroatoms. The molecule has 0 radical (unpaired) electrons. The molecule has 0 aliphatic heterocycles. The number of alkyl halides is 1. The summed E-state index contributed by atoms with van der Waals surface area (Å²) in [5.74, 6) is 0.632. The summed E-state index contributed by atoms with van der Waals surface area (Å²) in [5.41, 5.74) is 2.99. The monoisotopic (exact) mass is 325 g/mol. The molecule has 1 aromatic rings. The van der Waals surface area contributed by atoms with E-state index in [1.807, 2.05) is 32.0 Å². The SMILES string of the molecule is CCC(CC)C(Br)CNC(=O)c1ccc(C)cc1C. The van der Waals surface area contributed by atoms with Crippen molar-refractivity contribution in [2.75, 3.05) is 6.54 Å². The van der Waals surface area contributed by atoms with Crippen molar-refractivity contribution in [1.29, 1.82) is 0 Å². The third-order valence-electron chi connectivity index (χ3n) is 3.64. The lowest BCUT2D eigenvalue weighted by Gasteiger charge is -2.20. The second-order valence-electron chi connectivity index (χ2n) is 5.12. The third kappa shape index (κ3) is 4.64. The average molecular weight is 326 g/mol. The molecular weight excluding hydrogens is 302 g/mol. The van der Waals surface area contributed by atoms with Crippen molar-refractivity contribution in [2.45, 2.75) is 45.4 Å². The minimum Gasteiger partial charge on any atom is -0.351 e. The number of hydrogen-bond acceptors (Lipinski definition) is 1. The van der Waals surface area contributed by atoms with Crippen molar-refractivity contribution >= 4 is 21.8 Å². The molecule has 1 atom stereocenters. The summed E-state index contributed by atoms with van der Waals surface area (Å²) in [6.07, 6.45) is 2.26. The van der Waals surface area contributed by atoms with Gasteiger partial charge in [0.25, 0.3) is 5.91 Å². The number of benzene rings is 1. The minimum absolute atomic E-state index is 0.0212. The summed E-state index contributed by atoms with van der Waals surface area (Å²) in [4.78, 5) is 12.5. The standard InChI is InChI=1S/C16H24BrNO/c1-5-13(6-2)15(17)10-18-16(19)14-8-7-11(3)9-12(14)4/h7-9,13,15H,5-6,10H2,1-4H3,(H,18,19). The number of carbonyl (C=O) groups excluding carboxylic acids is 1. The Morgan fingerprint density at radius 2 is 1.89 bits per heavy atom. The fourth-order valence-corrected chi connectivity index (χ4v) is 3.23. The van der Waals surface area contributed by atoms with Crippen molar-refractivity contribution in [3.8, 4) is 0 Å². The van der Waals surface area contributed by atoms with Gasteiger partial charge in [-0.2, -0.15) is 0 Å². The second kappa shape index (κ2) is 7.68. The molecule has 0 aliphatic rings. The van der Waals surface area contributed by atoms with Gasteiger partial charge in [0, 0.05) is 16.9 Å². The Balaban J connectivity index is 2.60. The molecule has 0 saturated heterocycles. The first-order chi connectivity index (χ1) is 8.99. The molecule has 0 saturated carbocycles. The van der Waals surface area contributed by atoms with Gasteiger partial charge in [-0.15, -0.1) is 0 Å². The zero-order chi connectivity index (χ0) is 14.4. The molecular formula is C16H24BrNO. The van der Waals surface area contributed by atoms with E-state index in [1.54, 1.807) is 0 Å². The summed E-state index contributed by atoms with van der Waals surface area (Å²) < 4.78 is 0. The molecule has 106 valence electrons. The first-order valence-electron chi connectivity index (χ1n) is 6.99. The highest BCUT2D eigenvalue weighted by molar-refractivity contribution is 9.09. The van der Waals surface area contributed by atoms with Gasteiger partial charge in [-0.3, -0.25) is 4.79 Å². The highest BCUT2D eigenvalue weighted by Crippen LogP contribution is 2.19. The Labute approximate surface area is 125 Å². The molecule has 0 aliphatic carbocycles. The Kier molecular flexibility index (Phi) is 6.56. The normalized spacial score (nSPS) is 12.5. The van der Waals surface area contributed by atoms with Gasteiger partial charge in [0.1, 0.15) is 0 Å². The summed E-state index contributed by atoms with van der Waals surface area (Å²) in [5, 5.41) is 3.02. The van der Waals surface area contributed by atoms with E-state index in [-0.39, 0.29) is 5.91 Å². The highest BCUT2D eigenvalue weighted by atomic mass is 79.9. The number of amides is 1. The van der Waals surface area contributed by atoms with Crippen molar-refractivity contribution in [3.63, 3.8) is 0 Å². The highest BCUT2D eigenvalue weighted by Gasteiger charge is 2.17. The van der Waals surface area contributed by atoms with E-state index < -0.39 is 0 Å². The smallest absolute Gasteiger partial charge is 0.251 e. The lowest BCUT2D eigenvalue weighted by Crippen LogP contribution is -2.33. The molecule has 0 aromatic heterocycles. The van der Waals surface area contributed by atoms with Crippen LogP contribution in [0.2, 0.25) is 0 Å².